The monoisotopic (exact) mass is 299 g/mol. The van der Waals surface area contributed by atoms with Crippen molar-refractivity contribution in [2.24, 2.45) is 0 Å². The lowest BCUT2D eigenvalue weighted by Gasteiger charge is -2.15. The number of amides is 1. The van der Waals surface area contributed by atoms with E-state index >= 15 is 0 Å². The van der Waals surface area contributed by atoms with Gasteiger partial charge in [-0.25, -0.2) is 0 Å². The van der Waals surface area contributed by atoms with E-state index in [4.69, 9.17) is 4.74 Å². The highest BCUT2D eigenvalue weighted by Crippen LogP contribution is 2.23. The number of hydrogen-bond donors (Lipinski definition) is 2. The van der Waals surface area contributed by atoms with Gasteiger partial charge in [-0.1, -0.05) is 30.3 Å². The Kier molecular flexibility index (Phi) is 5.42. The van der Waals surface area contributed by atoms with Gasteiger partial charge in [-0.05, 0) is 37.5 Å². The Bertz CT molecular complexity index is 625. The molecule has 0 aromatic heterocycles. The van der Waals surface area contributed by atoms with E-state index in [1.54, 1.807) is 12.1 Å². The van der Waals surface area contributed by atoms with Gasteiger partial charge in [0.2, 0.25) is 0 Å². The molecule has 0 spiro atoms. The van der Waals surface area contributed by atoms with Gasteiger partial charge in [-0.3, -0.25) is 4.79 Å². The Morgan fingerprint density at radius 1 is 1.23 bits per heavy atom. The molecule has 2 aromatic rings. The van der Waals surface area contributed by atoms with Crippen molar-refractivity contribution in [1.82, 2.24) is 5.32 Å². The molecule has 1 atom stereocenters. The molecule has 0 heterocycles. The number of phenolic OH excluding ortho intramolecular Hbond substituents is 1. The predicted molar refractivity (Wildman–Crippen MR) is 86.4 cm³/mol. The summed E-state index contributed by atoms with van der Waals surface area (Å²) in [5, 5.41) is 12.8. The van der Waals surface area contributed by atoms with Crippen molar-refractivity contribution in [3.63, 3.8) is 0 Å². The van der Waals surface area contributed by atoms with Crippen LogP contribution in [-0.4, -0.2) is 24.2 Å². The third-order valence-electron chi connectivity index (χ3n) is 3.54. The fourth-order valence-electron chi connectivity index (χ4n) is 2.23. The van der Waals surface area contributed by atoms with Crippen molar-refractivity contribution in [3.05, 3.63) is 59.7 Å². The standard InChI is InChI=1S/C18H21NO3/c1-13(8-9-14-6-4-3-5-7-14)19-18(21)16-11-10-15(22-2)12-17(16)20/h3-7,10-13,20H,8-9H2,1-2H3,(H,19,21)/t13-/m0/s1. The Labute approximate surface area is 130 Å². The minimum atomic E-state index is -0.277. The first-order chi connectivity index (χ1) is 10.6. The fourth-order valence-corrected chi connectivity index (χ4v) is 2.23. The van der Waals surface area contributed by atoms with E-state index in [0.29, 0.717) is 5.75 Å². The number of methoxy groups -OCH3 is 1. The zero-order valence-corrected chi connectivity index (χ0v) is 12.9. The van der Waals surface area contributed by atoms with E-state index in [0.717, 1.165) is 12.8 Å². The fraction of sp³-hybridized carbons (Fsp3) is 0.278. The van der Waals surface area contributed by atoms with Crippen molar-refractivity contribution in [2.45, 2.75) is 25.8 Å². The maximum Gasteiger partial charge on any atom is 0.255 e. The second kappa shape index (κ2) is 7.50. The molecule has 116 valence electrons. The largest absolute Gasteiger partial charge is 0.507 e. The number of carbonyl (C=O) groups is 1. The smallest absolute Gasteiger partial charge is 0.255 e. The molecule has 0 radical (unpaired) electrons. The molecule has 4 heteroatoms. The maximum absolute atomic E-state index is 12.2. The van der Waals surface area contributed by atoms with Crippen LogP contribution in [0.5, 0.6) is 11.5 Å². The number of ether oxygens (including phenoxy) is 1. The van der Waals surface area contributed by atoms with Crippen molar-refractivity contribution in [3.8, 4) is 11.5 Å². The van der Waals surface area contributed by atoms with E-state index in [1.807, 2.05) is 25.1 Å². The highest BCUT2D eigenvalue weighted by molar-refractivity contribution is 5.97. The summed E-state index contributed by atoms with van der Waals surface area (Å²) in [7, 11) is 1.51. The van der Waals surface area contributed by atoms with Gasteiger partial charge in [0, 0.05) is 12.1 Å². The van der Waals surface area contributed by atoms with Gasteiger partial charge in [0.1, 0.15) is 11.5 Å². The van der Waals surface area contributed by atoms with Gasteiger partial charge in [0.05, 0.1) is 12.7 Å². The van der Waals surface area contributed by atoms with Gasteiger partial charge >= 0.3 is 0 Å². The van der Waals surface area contributed by atoms with E-state index in [2.05, 4.69) is 17.4 Å². The van der Waals surface area contributed by atoms with Gasteiger partial charge in [0.15, 0.2) is 0 Å². The number of aryl methyl sites for hydroxylation is 1. The van der Waals surface area contributed by atoms with Crippen LogP contribution < -0.4 is 10.1 Å². The van der Waals surface area contributed by atoms with Crippen LogP contribution in [-0.2, 0) is 6.42 Å². The van der Waals surface area contributed by atoms with Crippen LogP contribution in [0, 0.1) is 0 Å². The SMILES string of the molecule is COc1ccc(C(=O)N[C@@H](C)CCc2ccccc2)c(O)c1. The highest BCUT2D eigenvalue weighted by Gasteiger charge is 2.14. The number of aromatic hydroxyl groups is 1. The number of benzene rings is 2. The molecule has 0 saturated heterocycles. The molecule has 0 aliphatic carbocycles. The van der Waals surface area contributed by atoms with E-state index < -0.39 is 0 Å². The molecule has 1 amide bonds. The Morgan fingerprint density at radius 3 is 2.59 bits per heavy atom. The molecule has 0 fully saturated rings. The molecule has 0 aliphatic heterocycles. The lowest BCUT2D eigenvalue weighted by molar-refractivity contribution is 0.0935. The summed E-state index contributed by atoms with van der Waals surface area (Å²) in [5.41, 5.74) is 1.50. The minimum Gasteiger partial charge on any atom is -0.507 e. The summed E-state index contributed by atoms with van der Waals surface area (Å²) in [6.07, 6.45) is 1.74. The van der Waals surface area contributed by atoms with Crippen LogP contribution in [0.2, 0.25) is 0 Å². The quantitative estimate of drug-likeness (QED) is 0.861. The third kappa shape index (κ3) is 4.25. The molecule has 22 heavy (non-hydrogen) atoms. The second-order valence-electron chi connectivity index (χ2n) is 5.28. The lowest BCUT2D eigenvalue weighted by Crippen LogP contribution is -2.32. The minimum absolute atomic E-state index is 0.0224. The van der Waals surface area contributed by atoms with Crippen LogP contribution in [0.25, 0.3) is 0 Å². The normalized spacial score (nSPS) is 11.7. The molecule has 0 aliphatic rings. The molecule has 0 bridgehead atoms. The lowest BCUT2D eigenvalue weighted by atomic mass is 10.1. The molecular weight excluding hydrogens is 278 g/mol. The Morgan fingerprint density at radius 2 is 1.95 bits per heavy atom. The van der Waals surface area contributed by atoms with Crippen LogP contribution >= 0.6 is 0 Å². The van der Waals surface area contributed by atoms with Gasteiger partial charge in [-0.15, -0.1) is 0 Å². The van der Waals surface area contributed by atoms with Gasteiger partial charge < -0.3 is 15.2 Å². The van der Waals surface area contributed by atoms with Crippen LogP contribution in [0.3, 0.4) is 0 Å². The zero-order valence-electron chi connectivity index (χ0n) is 12.9. The number of nitrogens with one attached hydrogen (secondary N) is 1. The first kappa shape index (κ1) is 15.9. The topological polar surface area (TPSA) is 58.6 Å². The second-order valence-corrected chi connectivity index (χ2v) is 5.28. The van der Waals surface area contributed by atoms with E-state index in [-0.39, 0.29) is 23.3 Å². The summed E-state index contributed by atoms with van der Waals surface area (Å²) < 4.78 is 5.01. The highest BCUT2D eigenvalue weighted by atomic mass is 16.5. The summed E-state index contributed by atoms with van der Waals surface area (Å²) in [6.45, 7) is 1.96. The Hall–Kier alpha value is -2.49. The summed E-state index contributed by atoms with van der Waals surface area (Å²) >= 11 is 0. The molecule has 2 N–H and O–H groups in total. The predicted octanol–water partition coefficient (Wildman–Crippen LogP) is 3.15. The van der Waals surface area contributed by atoms with E-state index in [1.165, 1.54) is 18.7 Å². The van der Waals surface area contributed by atoms with Crippen LogP contribution in [0.4, 0.5) is 0 Å². The molecule has 0 unspecified atom stereocenters. The first-order valence-electron chi connectivity index (χ1n) is 7.32. The molecule has 2 aromatic carbocycles. The molecule has 4 nitrogen and oxygen atoms in total. The van der Waals surface area contributed by atoms with Crippen LogP contribution in [0.15, 0.2) is 48.5 Å². The van der Waals surface area contributed by atoms with Crippen molar-refractivity contribution >= 4 is 5.91 Å². The number of phenols is 1. The van der Waals surface area contributed by atoms with E-state index in [9.17, 15) is 9.90 Å². The average molecular weight is 299 g/mol. The zero-order chi connectivity index (χ0) is 15.9. The molecular formula is C18H21NO3. The van der Waals surface area contributed by atoms with Gasteiger partial charge in [-0.2, -0.15) is 0 Å². The number of carbonyl (C=O) groups excluding carboxylic acids is 1. The maximum atomic E-state index is 12.2. The third-order valence-corrected chi connectivity index (χ3v) is 3.54. The van der Waals surface area contributed by atoms with Crippen molar-refractivity contribution < 1.29 is 14.6 Å². The van der Waals surface area contributed by atoms with Crippen molar-refractivity contribution in [1.29, 1.82) is 0 Å². The van der Waals surface area contributed by atoms with Crippen molar-refractivity contribution in [2.75, 3.05) is 7.11 Å². The molecule has 2 rings (SSSR count). The number of rotatable bonds is 6. The van der Waals surface area contributed by atoms with Crippen LogP contribution in [0.1, 0.15) is 29.3 Å². The average Bonchev–Trinajstić information content (AvgIpc) is 2.53. The first-order valence-corrected chi connectivity index (χ1v) is 7.32. The molecule has 0 saturated carbocycles. The Balaban J connectivity index is 1.91. The van der Waals surface area contributed by atoms with Gasteiger partial charge in [0.25, 0.3) is 5.91 Å². The summed E-state index contributed by atoms with van der Waals surface area (Å²) in [5.74, 6) is 0.166. The number of hydrogen-bond acceptors (Lipinski definition) is 3. The summed E-state index contributed by atoms with van der Waals surface area (Å²) in [6, 6.07) is 14.8. The summed E-state index contributed by atoms with van der Waals surface area (Å²) in [4.78, 5) is 12.2.